The Morgan fingerprint density at radius 1 is 1.45 bits per heavy atom. The van der Waals surface area contributed by atoms with Gasteiger partial charge < -0.3 is 14.5 Å². The number of aromatic nitrogens is 2. The molecule has 1 aromatic heterocycles. The third-order valence-electron chi connectivity index (χ3n) is 4.18. The highest BCUT2D eigenvalue weighted by atomic mass is 16.5. The third-order valence-corrected chi connectivity index (χ3v) is 4.18. The molecule has 1 aliphatic heterocycles. The standard InChI is InChI=1S/C15H25N5O2/c1-18-7-8-22-13(10-18)11-20(9-12-3-4-12)15(21)16-14-5-6-19(2)17-14/h5-6,12-13H,3-4,7-11H2,1-2H3,(H,16,17,21). The number of amides is 2. The lowest BCUT2D eigenvalue weighted by molar-refractivity contribution is -0.0302. The molecule has 1 unspecified atom stereocenters. The number of likely N-dealkylation sites (N-methyl/N-ethyl adjacent to an activating group) is 1. The number of hydrogen-bond donors (Lipinski definition) is 1. The van der Waals surface area contributed by atoms with Crippen molar-refractivity contribution >= 4 is 11.8 Å². The van der Waals surface area contributed by atoms with Crippen molar-refractivity contribution in [1.29, 1.82) is 0 Å². The Labute approximate surface area is 131 Å². The van der Waals surface area contributed by atoms with Crippen LogP contribution in [0.3, 0.4) is 0 Å². The zero-order valence-corrected chi connectivity index (χ0v) is 13.4. The van der Waals surface area contributed by atoms with Crippen LogP contribution in [0.15, 0.2) is 12.3 Å². The fourth-order valence-electron chi connectivity index (χ4n) is 2.75. The van der Waals surface area contributed by atoms with Crippen molar-refractivity contribution in [3.8, 4) is 0 Å². The van der Waals surface area contributed by atoms with E-state index in [1.54, 1.807) is 10.7 Å². The topological polar surface area (TPSA) is 62.6 Å². The quantitative estimate of drug-likeness (QED) is 0.881. The number of urea groups is 1. The molecule has 0 bridgehead atoms. The summed E-state index contributed by atoms with van der Waals surface area (Å²) in [4.78, 5) is 16.7. The molecule has 1 atom stereocenters. The first-order valence-electron chi connectivity index (χ1n) is 7.96. The minimum atomic E-state index is -0.0811. The van der Waals surface area contributed by atoms with E-state index in [-0.39, 0.29) is 12.1 Å². The van der Waals surface area contributed by atoms with Gasteiger partial charge in [0.2, 0.25) is 0 Å². The predicted octanol–water partition coefficient (Wildman–Crippen LogP) is 0.995. The first kappa shape index (κ1) is 15.3. The van der Waals surface area contributed by atoms with Crippen molar-refractivity contribution in [3.63, 3.8) is 0 Å². The molecule has 1 N–H and O–H groups in total. The number of rotatable bonds is 5. The van der Waals surface area contributed by atoms with E-state index in [0.29, 0.717) is 18.3 Å². The van der Waals surface area contributed by atoms with E-state index >= 15 is 0 Å². The minimum absolute atomic E-state index is 0.0811. The summed E-state index contributed by atoms with van der Waals surface area (Å²) in [5.41, 5.74) is 0. The van der Waals surface area contributed by atoms with E-state index in [1.165, 1.54) is 12.8 Å². The van der Waals surface area contributed by atoms with Gasteiger partial charge in [-0.3, -0.25) is 10.00 Å². The van der Waals surface area contributed by atoms with Gasteiger partial charge in [0.05, 0.1) is 12.7 Å². The lowest BCUT2D eigenvalue weighted by Gasteiger charge is -2.34. The smallest absolute Gasteiger partial charge is 0.323 e. The summed E-state index contributed by atoms with van der Waals surface area (Å²) >= 11 is 0. The average molecular weight is 307 g/mol. The zero-order valence-electron chi connectivity index (χ0n) is 13.4. The Morgan fingerprint density at radius 3 is 2.91 bits per heavy atom. The maximum Gasteiger partial charge on any atom is 0.323 e. The third kappa shape index (κ3) is 4.20. The Morgan fingerprint density at radius 2 is 2.27 bits per heavy atom. The number of anilines is 1. The minimum Gasteiger partial charge on any atom is -0.374 e. The van der Waals surface area contributed by atoms with Crippen LogP contribution < -0.4 is 5.32 Å². The summed E-state index contributed by atoms with van der Waals surface area (Å²) in [6.45, 7) is 4.01. The number of morpholine rings is 1. The molecule has 2 fully saturated rings. The normalized spacial score (nSPS) is 22.5. The molecule has 1 saturated heterocycles. The van der Waals surface area contributed by atoms with Crippen LogP contribution in [0.1, 0.15) is 12.8 Å². The zero-order chi connectivity index (χ0) is 15.5. The monoisotopic (exact) mass is 307 g/mol. The molecule has 22 heavy (non-hydrogen) atoms. The van der Waals surface area contributed by atoms with E-state index in [9.17, 15) is 4.79 Å². The van der Waals surface area contributed by atoms with E-state index in [2.05, 4.69) is 22.4 Å². The number of carbonyl (C=O) groups excluding carboxylic acids is 1. The summed E-state index contributed by atoms with van der Waals surface area (Å²) in [7, 11) is 3.93. The molecule has 1 aromatic rings. The summed E-state index contributed by atoms with van der Waals surface area (Å²) in [6, 6.07) is 1.72. The Hall–Kier alpha value is -1.60. The van der Waals surface area contributed by atoms with Crippen molar-refractivity contribution < 1.29 is 9.53 Å². The molecule has 3 rings (SSSR count). The lowest BCUT2D eigenvalue weighted by Crippen LogP contribution is -2.49. The molecule has 7 nitrogen and oxygen atoms in total. The molecule has 122 valence electrons. The molecular formula is C15H25N5O2. The van der Waals surface area contributed by atoms with E-state index < -0.39 is 0 Å². The van der Waals surface area contributed by atoms with Crippen LogP contribution in [0.4, 0.5) is 10.6 Å². The van der Waals surface area contributed by atoms with Crippen LogP contribution >= 0.6 is 0 Å². The van der Waals surface area contributed by atoms with Gasteiger partial charge in [-0.2, -0.15) is 5.10 Å². The van der Waals surface area contributed by atoms with Crippen LogP contribution in [0.25, 0.3) is 0 Å². The largest absolute Gasteiger partial charge is 0.374 e. The second-order valence-electron chi connectivity index (χ2n) is 6.41. The van der Waals surface area contributed by atoms with Gasteiger partial charge in [0.15, 0.2) is 5.82 Å². The van der Waals surface area contributed by atoms with Crippen molar-refractivity contribution in [2.45, 2.75) is 18.9 Å². The Balaban J connectivity index is 1.59. The summed E-state index contributed by atoms with van der Waals surface area (Å²) in [5.74, 6) is 1.24. The lowest BCUT2D eigenvalue weighted by atomic mass is 10.2. The SMILES string of the molecule is CN1CCOC(CN(CC2CC2)C(=O)Nc2ccn(C)n2)C1. The average Bonchev–Trinajstić information content (AvgIpc) is 3.20. The maximum absolute atomic E-state index is 12.5. The van der Waals surface area contributed by atoms with Gasteiger partial charge >= 0.3 is 6.03 Å². The molecule has 2 amide bonds. The van der Waals surface area contributed by atoms with Crippen LogP contribution in [0.5, 0.6) is 0 Å². The molecule has 0 aromatic carbocycles. The number of nitrogens with zero attached hydrogens (tertiary/aromatic N) is 4. The molecule has 0 radical (unpaired) electrons. The first-order valence-corrected chi connectivity index (χ1v) is 7.96. The van der Waals surface area contributed by atoms with Crippen molar-refractivity contribution in [1.82, 2.24) is 19.6 Å². The van der Waals surface area contributed by atoms with Gasteiger partial charge in [-0.1, -0.05) is 0 Å². The highest BCUT2D eigenvalue weighted by Crippen LogP contribution is 2.30. The fraction of sp³-hybridized carbons (Fsp3) is 0.733. The molecule has 7 heteroatoms. The van der Waals surface area contributed by atoms with Gasteiger partial charge in [-0.05, 0) is 25.8 Å². The van der Waals surface area contributed by atoms with Crippen LogP contribution in [-0.4, -0.2) is 71.5 Å². The van der Waals surface area contributed by atoms with Crippen LogP contribution in [0, 0.1) is 5.92 Å². The second-order valence-corrected chi connectivity index (χ2v) is 6.41. The number of carbonyl (C=O) groups is 1. The van der Waals surface area contributed by atoms with Crippen LogP contribution in [0.2, 0.25) is 0 Å². The number of hydrogen-bond acceptors (Lipinski definition) is 4. The maximum atomic E-state index is 12.5. The van der Waals surface area contributed by atoms with Gasteiger partial charge in [-0.15, -0.1) is 0 Å². The van der Waals surface area contributed by atoms with Gasteiger partial charge in [0, 0.05) is 45.5 Å². The number of ether oxygens (including phenoxy) is 1. The van der Waals surface area contributed by atoms with E-state index in [0.717, 1.165) is 26.2 Å². The Bertz CT molecular complexity index is 514. The van der Waals surface area contributed by atoms with Crippen molar-refractivity contribution in [2.75, 3.05) is 45.2 Å². The van der Waals surface area contributed by atoms with E-state index in [1.807, 2.05) is 18.1 Å². The summed E-state index contributed by atoms with van der Waals surface area (Å²) in [5, 5.41) is 7.09. The molecule has 2 heterocycles. The first-order chi connectivity index (χ1) is 10.6. The Kier molecular flexibility index (Phi) is 4.63. The molecule has 2 aliphatic rings. The van der Waals surface area contributed by atoms with Gasteiger partial charge in [-0.25, -0.2) is 4.79 Å². The van der Waals surface area contributed by atoms with Gasteiger partial charge in [0.1, 0.15) is 0 Å². The van der Waals surface area contributed by atoms with E-state index in [4.69, 9.17) is 4.74 Å². The molecular weight excluding hydrogens is 282 g/mol. The second kappa shape index (κ2) is 6.66. The summed E-state index contributed by atoms with van der Waals surface area (Å²) in [6.07, 6.45) is 4.35. The van der Waals surface area contributed by atoms with Crippen molar-refractivity contribution in [3.05, 3.63) is 12.3 Å². The highest BCUT2D eigenvalue weighted by Gasteiger charge is 2.30. The highest BCUT2D eigenvalue weighted by molar-refractivity contribution is 5.88. The van der Waals surface area contributed by atoms with Gasteiger partial charge in [0.25, 0.3) is 0 Å². The van der Waals surface area contributed by atoms with Crippen molar-refractivity contribution in [2.24, 2.45) is 13.0 Å². The molecule has 0 spiro atoms. The van der Waals surface area contributed by atoms with Crippen LogP contribution in [-0.2, 0) is 11.8 Å². The summed E-state index contributed by atoms with van der Waals surface area (Å²) < 4.78 is 7.48. The fourth-order valence-corrected chi connectivity index (χ4v) is 2.75. The molecule has 1 aliphatic carbocycles. The number of aryl methyl sites for hydroxylation is 1. The number of nitrogens with one attached hydrogen (secondary N) is 1. The molecule has 1 saturated carbocycles. The predicted molar refractivity (Wildman–Crippen MR) is 83.8 cm³/mol.